The molecule has 0 fully saturated rings. The van der Waals surface area contributed by atoms with Crippen molar-refractivity contribution in [2.45, 2.75) is 92.7 Å². The predicted molar refractivity (Wildman–Crippen MR) is 258 cm³/mol. The molecular weight excluding hydrogens is 825 g/mol. The second kappa shape index (κ2) is 28.9. The van der Waals surface area contributed by atoms with Crippen LogP contribution in [0.1, 0.15) is 75.8 Å². The Kier molecular flexibility index (Phi) is 25.0. The summed E-state index contributed by atoms with van der Waals surface area (Å²) in [6, 6.07) is 28.2. The minimum Gasteiger partial charge on any atom is -0.481 e. The van der Waals surface area contributed by atoms with Gasteiger partial charge >= 0.3 is 18.0 Å². The maximum Gasteiger partial charge on any atom is 0.323 e. The molecule has 347 valence electrons. The van der Waals surface area contributed by atoms with Crippen LogP contribution in [-0.2, 0) is 52.7 Å². The van der Waals surface area contributed by atoms with Crippen LogP contribution in [0.25, 0.3) is 0 Å². The number of benzene rings is 4. The lowest BCUT2D eigenvalue weighted by Crippen LogP contribution is -2.45. The fourth-order valence-corrected chi connectivity index (χ4v) is 6.11. The zero-order chi connectivity index (χ0) is 46.4. The fraction of sp³-hybridized carbons (Fsp3) is 0.360. The van der Waals surface area contributed by atoms with Gasteiger partial charge in [0.1, 0.15) is 5.60 Å². The molecule has 0 spiro atoms. The third-order valence-corrected chi connectivity index (χ3v) is 9.16. The number of carbonyl (C=O) groups is 6. The van der Waals surface area contributed by atoms with Crippen molar-refractivity contribution >= 4 is 61.2 Å². The van der Waals surface area contributed by atoms with Crippen molar-refractivity contribution in [1.29, 1.82) is 0 Å². The maximum absolute atomic E-state index is 13.2. The Labute approximate surface area is 386 Å². The Morgan fingerprint density at radius 2 is 1.25 bits per heavy atom. The summed E-state index contributed by atoms with van der Waals surface area (Å²) in [5.41, 5.74) is 5.76. The third kappa shape index (κ3) is 22.4. The molecule has 5 N–H and O–H groups in total. The van der Waals surface area contributed by atoms with Crippen LogP contribution in [0.3, 0.4) is 0 Å². The van der Waals surface area contributed by atoms with Crippen molar-refractivity contribution in [3.8, 4) is 0 Å². The van der Waals surface area contributed by atoms with Crippen LogP contribution in [0, 0.1) is 13.8 Å². The number of carboxylic acid groups (broad SMARTS) is 1. The first kappa shape index (κ1) is 56.3. The number of nitrogens with zero attached hydrogens (tertiary/aromatic N) is 1. The molecule has 15 heteroatoms. The first-order valence-electron chi connectivity index (χ1n) is 20.7. The number of urea groups is 1. The molecule has 3 radical (unpaired) electrons. The normalized spacial score (nSPS) is 11.0. The van der Waals surface area contributed by atoms with Gasteiger partial charge in [0, 0.05) is 45.7 Å². The molecular formula is C50H65BN5O9. The number of amides is 5. The zero-order valence-electron chi connectivity index (χ0n) is 37.9. The van der Waals surface area contributed by atoms with Crippen LogP contribution in [0.15, 0.2) is 109 Å². The number of rotatable bonds is 19. The van der Waals surface area contributed by atoms with Crippen LogP contribution in [0.5, 0.6) is 0 Å². The molecule has 0 aromatic heterocycles. The average Bonchev–Trinajstić information content (AvgIpc) is 3.20. The number of hydrogen-bond acceptors (Lipinski definition) is 8. The van der Waals surface area contributed by atoms with Crippen molar-refractivity contribution in [3.05, 3.63) is 137 Å². The topological polar surface area (TPSA) is 192 Å². The highest BCUT2D eigenvalue weighted by Gasteiger charge is 2.23. The minimum absolute atomic E-state index is 0. The van der Waals surface area contributed by atoms with E-state index in [4.69, 9.17) is 14.6 Å². The van der Waals surface area contributed by atoms with Gasteiger partial charge in [-0.3, -0.25) is 24.0 Å². The molecule has 65 heavy (non-hydrogen) atoms. The van der Waals surface area contributed by atoms with Crippen molar-refractivity contribution < 1.29 is 43.3 Å². The van der Waals surface area contributed by atoms with Gasteiger partial charge in [0.25, 0.3) is 0 Å². The molecule has 4 aromatic rings. The fourth-order valence-electron chi connectivity index (χ4n) is 6.11. The molecule has 0 aliphatic rings. The third-order valence-electron chi connectivity index (χ3n) is 9.16. The first-order valence-corrected chi connectivity index (χ1v) is 20.7. The molecule has 0 saturated carbocycles. The second-order valence-electron chi connectivity index (χ2n) is 15.8. The lowest BCUT2D eigenvalue weighted by atomic mass is 10.1. The predicted octanol–water partition coefficient (Wildman–Crippen LogP) is 7.90. The monoisotopic (exact) mass is 890 g/mol. The number of nitrogens with one attached hydrogen (secondary N) is 4. The van der Waals surface area contributed by atoms with E-state index in [9.17, 15) is 28.8 Å². The molecule has 0 heterocycles. The summed E-state index contributed by atoms with van der Waals surface area (Å²) in [6.45, 7) is 11.7. The number of carboxylic acids is 1. The smallest absolute Gasteiger partial charge is 0.323 e. The van der Waals surface area contributed by atoms with Crippen LogP contribution in [0.4, 0.5) is 21.9 Å². The van der Waals surface area contributed by atoms with Gasteiger partial charge in [-0.2, -0.15) is 0 Å². The van der Waals surface area contributed by atoms with E-state index in [1.54, 1.807) is 71.2 Å². The summed E-state index contributed by atoms with van der Waals surface area (Å²) in [7, 11) is 1.58. The molecule has 4 rings (SSSR count). The molecule has 5 amide bonds. The van der Waals surface area contributed by atoms with Crippen LogP contribution >= 0.6 is 0 Å². The number of para-hydroxylation sites is 2. The molecule has 0 aliphatic carbocycles. The number of hydrogen-bond donors (Lipinski definition) is 5. The number of carbonyl (C=O) groups excluding carboxylic acids is 5. The standard InChI is InChI=1S/C33H45N3O6.C16H16N2O3.CH4.B/c1-7-11-27(22-32(40)42-33(3,4)5)34-30(38)23-36(18-10-19-41-6)31(39)21-26-16-14-25(15-17-26)20-29(37)35-28-13-9-8-12-24(28)2;1-11-4-2-3-5-14(11)18-16(21)17-13-8-6-12(7-9-13)10-15(19)20;;/h7-9,11-17,27H,10,18-23H2,1-6H3,(H,34,38)(H,35,37);2-9H,10H2,1H3,(H,19,20)(H2,17,18,21);1H4;/b11-7+;;;/t27-;;;/m1.../s1. The highest BCUT2D eigenvalue weighted by atomic mass is 16.6. The van der Waals surface area contributed by atoms with Crippen molar-refractivity contribution in [2.75, 3.05) is 42.8 Å². The average molecular weight is 891 g/mol. The Bertz CT molecular complexity index is 2170. The highest BCUT2D eigenvalue weighted by molar-refractivity contribution is 6.00. The van der Waals surface area contributed by atoms with Gasteiger partial charge in [0.15, 0.2) is 0 Å². The molecule has 4 aromatic carbocycles. The Morgan fingerprint density at radius 3 is 1.77 bits per heavy atom. The van der Waals surface area contributed by atoms with Crippen molar-refractivity contribution in [3.63, 3.8) is 0 Å². The van der Waals surface area contributed by atoms with Gasteiger partial charge in [-0.15, -0.1) is 0 Å². The molecule has 0 aliphatic heterocycles. The number of aryl methyl sites for hydroxylation is 2. The Balaban J connectivity index is 0.000000770. The van der Waals surface area contributed by atoms with Gasteiger partial charge < -0.3 is 40.7 Å². The summed E-state index contributed by atoms with van der Waals surface area (Å²) in [5.74, 6) is -2.00. The van der Waals surface area contributed by atoms with E-state index >= 15 is 0 Å². The van der Waals surface area contributed by atoms with Crippen molar-refractivity contribution in [2.24, 2.45) is 0 Å². The van der Waals surface area contributed by atoms with Crippen LogP contribution in [-0.4, -0.2) is 92.6 Å². The van der Waals surface area contributed by atoms with Gasteiger partial charge in [0.2, 0.25) is 17.7 Å². The van der Waals surface area contributed by atoms with E-state index in [-0.39, 0.29) is 71.8 Å². The number of ether oxygens (including phenoxy) is 2. The minimum atomic E-state index is -0.881. The van der Waals surface area contributed by atoms with Crippen LogP contribution in [0.2, 0.25) is 0 Å². The van der Waals surface area contributed by atoms with E-state index in [2.05, 4.69) is 21.3 Å². The number of anilines is 3. The number of esters is 1. The molecule has 0 unspecified atom stereocenters. The molecule has 0 saturated heterocycles. The summed E-state index contributed by atoms with van der Waals surface area (Å²) in [5, 5.41) is 19.9. The second-order valence-corrected chi connectivity index (χ2v) is 15.8. The zero-order valence-corrected chi connectivity index (χ0v) is 37.9. The Morgan fingerprint density at radius 1 is 0.723 bits per heavy atom. The summed E-state index contributed by atoms with van der Waals surface area (Å²) >= 11 is 0. The quantitative estimate of drug-likeness (QED) is 0.0270. The number of aliphatic carboxylic acids is 1. The molecule has 0 bridgehead atoms. The lowest BCUT2D eigenvalue weighted by molar-refractivity contribution is -0.155. The molecule has 14 nitrogen and oxygen atoms in total. The number of methoxy groups -OCH3 is 1. The van der Waals surface area contributed by atoms with Gasteiger partial charge in [-0.25, -0.2) is 4.79 Å². The van der Waals surface area contributed by atoms with E-state index in [0.29, 0.717) is 30.8 Å². The van der Waals surface area contributed by atoms with Gasteiger partial charge in [-0.05, 0) is 100 Å². The van der Waals surface area contributed by atoms with E-state index in [1.165, 1.54) is 4.90 Å². The SMILES string of the molecule is C.C/C=C/[C@H](CC(=O)OC(C)(C)C)NC(=O)CN(CCCOC)C(=O)Cc1ccc(CC(=O)Nc2ccccc2C)cc1.Cc1ccccc1NC(=O)Nc1ccc(CC(=O)O)cc1.[B]. The molecule has 1 atom stereocenters. The van der Waals surface area contributed by atoms with Crippen molar-refractivity contribution in [1.82, 2.24) is 10.2 Å². The van der Waals surface area contributed by atoms with E-state index in [0.717, 1.165) is 33.6 Å². The van der Waals surface area contributed by atoms with Gasteiger partial charge in [-0.1, -0.05) is 92.4 Å². The highest BCUT2D eigenvalue weighted by Crippen LogP contribution is 2.17. The van der Waals surface area contributed by atoms with E-state index in [1.807, 2.05) is 86.6 Å². The summed E-state index contributed by atoms with van der Waals surface area (Å²) in [4.78, 5) is 74.9. The first-order chi connectivity index (χ1) is 29.9. The van der Waals surface area contributed by atoms with E-state index < -0.39 is 23.6 Å². The van der Waals surface area contributed by atoms with Crippen LogP contribution < -0.4 is 21.3 Å². The summed E-state index contributed by atoms with van der Waals surface area (Å²) < 4.78 is 10.5. The summed E-state index contributed by atoms with van der Waals surface area (Å²) in [6.07, 6.45) is 4.32. The van der Waals surface area contributed by atoms with Gasteiger partial charge in [0.05, 0.1) is 38.3 Å². The lowest BCUT2D eigenvalue weighted by Gasteiger charge is -2.24. The maximum atomic E-state index is 13.2. The largest absolute Gasteiger partial charge is 0.481 e. The number of allylic oxidation sites excluding steroid dienone is 1. The Hall–Kier alpha value is -6.74.